The first-order chi connectivity index (χ1) is 30.7. The van der Waals surface area contributed by atoms with E-state index in [4.69, 9.17) is 15.0 Å². The van der Waals surface area contributed by atoms with Gasteiger partial charge in [0.05, 0.1) is 22.1 Å². The van der Waals surface area contributed by atoms with E-state index >= 15 is 0 Å². The van der Waals surface area contributed by atoms with Crippen molar-refractivity contribution in [2.24, 2.45) is 0 Å². The summed E-state index contributed by atoms with van der Waals surface area (Å²) in [6, 6.07) is 79.5. The van der Waals surface area contributed by atoms with Gasteiger partial charge in [0, 0.05) is 49.6 Å². The molecule has 12 rings (SSSR count). The molecule has 0 fully saturated rings. The van der Waals surface area contributed by atoms with Gasteiger partial charge in [-0.1, -0.05) is 176 Å². The molecule has 0 amide bonds. The Morgan fingerprint density at radius 2 is 0.629 bits per heavy atom. The summed E-state index contributed by atoms with van der Waals surface area (Å²) >= 11 is 0. The molecule has 290 valence electrons. The van der Waals surface area contributed by atoms with Gasteiger partial charge in [-0.2, -0.15) is 0 Å². The van der Waals surface area contributed by atoms with E-state index in [1.54, 1.807) is 0 Å². The van der Waals surface area contributed by atoms with Crippen LogP contribution < -0.4 is 0 Å². The van der Waals surface area contributed by atoms with E-state index in [2.05, 4.69) is 197 Å². The molecule has 0 aliphatic rings. The molecule has 9 aromatic carbocycles. The molecule has 3 heterocycles. The average molecular weight is 792 g/mol. The van der Waals surface area contributed by atoms with Gasteiger partial charge in [-0.15, -0.1) is 0 Å². The number of hydrogen-bond acceptors (Lipinski definition) is 3. The molecular weight excluding hydrogens is 755 g/mol. The van der Waals surface area contributed by atoms with Gasteiger partial charge in [-0.3, -0.25) is 0 Å². The van der Waals surface area contributed by atoms with E-state index in [-0.39, 0.29) is 0 Å². The summed E-state index contributed by atoms with van der Waals surface area (Å²) in [6.07, 6.45) is 0. The molecule has 62 heavy (non-hydrogen) atoms. The molecule has 0 bridgehead atoms. The fourth-order valence-corrected chi connectivity index (χ4v) is 9.04. The first kappa shape index (κ1) is 35.5. The Labute approximate surface area is 358 Å². The van der Waals surface area contributed by atoms with Gasteiger partial charge >= 0.3 is 0 Å². The zero-order chi connectivity index (χ0) is 41.0. The second-order valence-electron chi connectivity index (χ2n) is 15.7. The van der Waals surface area contributed by atoms with Crippen molar-refractivity contribution in [3.63, 3.8) is 0 Å². The van der Waals surface area contributed by atoms with Crippen LogP contribution in [0.5, 0.6) is 0 Å². The SMILES string of the molecule is c1ccc(-c2cc(-c3nc(-c4ccccc4)nc(-c4ccccc4)n3)cc(-n3c4cc(-c5ccccc5)ccc4c4ccc(-n5c6ccccc6c6ccccc65)cc43)c2)cc1. The molecule has 0 saturated heterocycles. The molecule has 0 unspecified atom stereocenters. The smallest absolute Gasteiger partial charge is 0.164 e. The van der Waals surface area contributed by atoms with Crippen LogP contribution in [0.3, 0.4) is 0 Å². The van der Waals surface area contributed by atoms with Crippen molar-refractivity contribution < 1.29 is 0 Å². The summed E-state index contributed by atoms with van der Waals surface area (Å²) < 4.78 is 4.83. The van der Waals surface area contributed by atoms with Gasteiger partial charge in [-0.05, 0) is 70.8 Å². The molecule has 3 aromatic heterocycles. The van der Waals surface area contributed by atoms with Crippen LogP contribution >= 0.6 is 0 Å². The summed E-state index contributed by atoms with van der Waals surface area (Å²) in [7, 11) is 0. The highest BCUT2D eigenvalue weighted by molar-refractivity contribution is 6.12. The van der Waals surface area contributed by atoms with Gasteiger partial charge in [0.25, 0.3) is 0 Å². The molecule has 0 atom stereocenters. The molecule has 5 nitrogen and oxygen atoms in total. The first-order valence-electron chi connectivity index (χ1n) is 20.9. The van der Waals surface area contributed by atoms with Crippen LogP contribution in [0, 0.1) is 0 Å². The van der Waals surface area contributed by atoms with Crippen LogP contribution in [0.2, 0.25) is 0 Å². The van der Waals surface area contributed by atoms with Gasteiger partial charge in [0.1, 0.15) is 0 Å². The van der Waals surface area contributed by atoms with Crippen molar-refractivity contribution in [2.45, 2.75) is 0 Å². The minimum Gasteiger partial charge on any atom is -0.309 e. The summed E-state index contributed by atoms with van der Waals surface area (Å²) in [5.41, 5.74) is 13.9. The number of fused-ring (bicyclic) bond motifs is 6. The lowest BCUT2D eigenvalue weighted by molar-refractivity contribution is 1.07. The van der Waals surface area contributed by atoms with Crippen molar-refractivity contribution in [3.8, 4) is 67.8 Å². The number of benzene rings is 9. The molecular formula is C57H37N5. The normalized spacial score (nSPS) is 11.5. The Morgan fingerprint density at radius 1 is 0.226 bits per heavy atom. The van der Waals surface area contributed by atoms with E-state index in [0.29, 0.717) is 17.5 Å². The quantitative estimate of drug-likeness (QED) is 0.162. The molecule has 0 aliphatic heterocycles. The standard InChI is InChI=1S/C57H37N5/c1-5-17-38(18-6-1)42-29-31-49-50-32-30-45(61-51-27-15-13-25-47(51)48-26-14-16-28-52(48)61)37-54(50)62(53(49)36-42)46-34-43(39-19-7-2-8-20-39)33-44(35-46)57-59-55(40-21-9-3-10-22-40)58-56(60-57)41-23-11-4-12-24-41/h1-37H. The zero-order valence-electron chi connectivity index (χ0n) is 33.6. The highest BCUT2D eigenvalue weighted by atomic mass is 15.0. The summed E-state index contributed by atoms with van der Waals surface area (Å²) in [6.45, 7) is 0. The third-order valence-corrected chi connectivity index (χ3v) is 11.9. The Balaban J connectivity index is 1.16. The Bertz CT molecular complexity index is 3500. The predicted octanol–water partition coefficient (Wildman–Crippen LogP) is 14.4. The Morgan fingerprint density at radius 3 is 1.19 bits per heavy atom. The second kappa shape index (κ2) is 14.7. The van der Waals surface area contributed by atoms with Crippen LogP contribution in [0.25, 0.3) is 111 Å². The molecule has 0 N–H and O–H groups in total. The molecule has 5 heteroatoms. The molecule has 0 radical (unpaired) electrons. The fraction of sp³-hybridized carbons (Fsp3) is 0. The number of hydrogen-bond donors (Lipinski definition) is 0. The lowest BCUT2D eigenvalue weighted by atomic mass is 10.0. The van der Waals surface area contributed by atoms with Crippen molar-refractivity contribution in [1.29, 1.82) is 0 Å². The van der Waals surface area contributed by atoms with Crippen LogP contribution in [-0.4, -0.2) is 24.1 Å². The zero-order valence-corrected chi connectivity index (χ0v) is 33.6. The molecule has 12 aromatic rings. The third-order valence-electron chi connectivity index (χ3n) is 11.9. The predicted molar refractivity (Wildman–Crippen MR) is 256 cm³/mol. The van der Waals surface area contributed by atoms with Crippen LogP contribution in [0.4, 0.5) is 0 Å². The van der Waals surface area contributed by atoms with Crippen molar-refractivity contribution >= 4 is 43.6 Å². The van der Waals surface area contributed by atoms with Gasteiger partial charge in [-0.25, -0.2) is 15.0 Å². The minimum absolute atomic E-state index is 0.605. The number of aromatic nitrogens is 5. The highest BCUT2D eigenvalue weighted by Crippen LogP contribution is 2.40. The Kier molecular flexibility index (Phi) is 8.42. The minimum atomic E-state index is 0.605. The Hall–Kier alpha value is -8.41. The van der Waals surface area contributed by atoms with E-state index < -0.39 is 0 Å². The topological polar surface area (TPSA) is 48.5 Å². The van der Waals surface area contributed by atoms with Crippen LogP contribution in [-0.2, 0) is 0 Å². The van der Waals surface area contributed by atoms with E-state index in [9.17, 15) is 0 Å². The first-order valence-corrected chi connectivity index (χ1v) is 20.9. The lowest BCUT2D eigenvalue weighted by Crippen LogP contribution is -2.02. The van der Waals surface area contributed by atoms with E-state index in [0.717, 1.165) is 55.8 Å². The number of para-hydroxylation sites is 2. The lowest BCUT2D eigenvalue weighted by Gasteiger charge is -2.15. The molecule has 0 spiro atoms. The van der Waals surface area contributed by atoms with Gasteiger partial charge < -0.3 is 9.13 Å². The van der Waals surface area contributed by atoms with Crippen molar-refractivity contribution in [1.82, 2.24) is 24.1 Å². The average Bonchev–Trinajstić information content (AvgIpc) is 3.87. The maximum atomic E-state index is 5.21. The highest BCUT2D eigenvalue weighted by Gasteiger charge is 2.20. The summed E-state index contributed by atoms with van der Waals surface area (Å²) in [4.78, 5) is 15.4. The van der Waals surface area contributed by atoms with Gasteiger partial charge in [0.2, 0.25) is 0 Å². The monoisotopic (exact) mass is 791 g/mol. The molecule has 0 aliphatic carbocycles. The number of nitrogens with zero attached hydrogens (tertiary/aromatic N) is 5. The summed E-state index contributed by atoms with van der Waals surface area (Å²) in [5, 5.41) is 4.82. The molecule has 0 saturated carbocycles. The maximum Gasteiger partial charge on any atom is 0.164 e. The largest absolute Gasteiger partial charge is 0.309 e. The van der Waals surface area contributed by atoms with Gasteiger partial charge in [0.15, 0.2) is 17.5 Å². The van der Waals surface area contributed by atoms with E-state index in [1.807, 2.05) is 36.4 Å². The fourth-order valence-electron chi connectivity index (χ4n) is 9.04. The van der Waals surface area contributed by atoms with Crippen molar-refractivity contribution in [2.75, 3.05) is 0 Å². The summed E-state index contributed by atoms with van der Waals surface area (Å²) in [5.74, 6) is 1.86. The number of rotatable bonds is 7. The van der Waals surface area contributed by atoms with Crippen LogP contribution in [0.1, 0.15) is 0 Å². The third kappa shape index (κ3) is 6.06. The second-order valence-corrected chi connectivity index (χ2v) is 15.7. The maximum absolute atomic E-state index is 5.21. The van der Waals surface area contributed by atoms with Crippen LogP contribution in [0.15, 0.2) is 224 Å². The van der Waals surface area contributed by atoms with E-state index in [1.165, 1.54) is 38.1 Å². The van der Waals surface area contributed by atoms with Crippen molar-refractivity contribution in [3.05, 3.63) is 224 Å².